The molecule has 3 nitrogen and oxygen atoms in total. The van der Waals surface area contributed by atoms with Gasteiger partial charge in [-0.25, -0.2) is 4.98 Å². The van der Waals surface area contributed by atoms with E-state index in [1.165, 1.54) is 19.2 Å². The fraction of sp³-hybridized carbons (Fsp3) is 0.214. The first-order valence-electron chi connectivity index (χ1n) is 5.89. The number of pyridine rings is 1. The molecule has 0 fully saturated rings. The van der Waals surface area contributed by atoms with Crippen LogP contribution in [0.25, 0.3) is 0 Å². The quantitative estimate of drug-likeness (QED) is 0.928. The second-order valence-electron chi connectivity index (χ2n) is 4.11. The summed E-state index contributed by atoms with van der Waals surface area (Å²) < 4.78 is 43.3. The third kappa shape index (κ3) is 3.40. The summed E-state index contributed by atoms with van der Waals surface area (Å²) in [6.07, 6.45) is -2.82. The van der Waals surface area contributed by atoms with Gasteiger partial charge >= 0.3 is 6.18 Å². The number of hydrogen-bond acceptors (Lipinski definition) is 3. The summed E-state index contributed by atoms with van der Waals surface area (Å²) in [6, 6.07) is 8.78. The van der Waals surface area contributed by atoms with Crippen molar-refractivity contribution in [3.8, 4) is 5.88 Å². The molecule has 0 aliphatic rings. The number of hydrogen-bond donors (Lipinski definition) is 1. The number of aromatic nitrogens is 1. The van der Waals surface area contributed by atoms with Gasteiger partial charge in [-0.2, -0.15) is 13.2 Å². The normalized spacial score (nSPS) is 11.2. The van der Waals surface area contributed by atoms with E-state index in [9.17, 15) is 13.2 Å². The van der Waals surface area contributed by atoms with Crippen LogP contribution in [-0.2, 0) is 12.7 Å². The smallest absolute Gasteiger partial charge is 0.418 e. The van der Waals surface area contributed by atoms with Crippen LogP contribution in [0.5, 0.6) is 5.88 Å². The molecule has 0 amide bonds. The Morgan fingerprint density at radius 1 is 1.15 bits per heavy atom. The van der Waals surface area contributed by atoms with Crippen LogP contribution in [0.3, 0.4) is 0 Å². The molecule has 1 aromatic heterocycles. The van der Waals surface area contributed by atoms with Crippen LogP contribution in [0.4, 0.5) is 18.9 Å². The molecule has 0 unspecified atom stereocenters. The first-order chi connectivity index (χ1) is 9.50. The maximum Gasteiger partial charge on any atom is 0.418 e. The molecule has 0 radical (unpaired) electrons. The first-order valence-corrected chi connectivity index (χ1v) is 5.89. The van der Waals surface area contributed by atoms with Gasteiger partial charge in [0.2, 0.25) is 5.88 Å². The van der Waals surface area contributed by atoms with E-state index < -0.39 is 11.7 Å². The van der Waals surface area contributed by atoms with E-state index in [0.29, 0.717) is 5.88 Å². The number of halogens is 3. The van der Waals surface area contributed by atoms with Crippen LogP contribution in [0.2, 0.25) is 0 Å². The van der Waals surface area contributed by atoms with Crippen LogP contribution in [0, 0.1) is 0 Å². The Labute approximate surface area is 114 Å². The molecular formula is C14H13F3N2O. The molecule has 20 heavy (non-hydrogen) atoms. The van der Waals surface area contributed by atoms with Crippen LogP contribution in [-0.4, -0.2) is 12.1 Å². The van der Waals surface area contributed by atoms with Crippen molar-refractivity contribution in [3.05, 3.63) is 53.7 Å². The fourth-order valence-electron chi connectivity index (χ4n) is 1.72. The topological polar surface area (TPSA) is 34.1 Å². The molecule has 2 rings (SSSR count). The Bertz CT molecular complexity index is 567. The summed E-state index contributed by atoms with van der Waals surface area (Å²) in [7, 11) is 1.50. The van der Waals surface area contributed by atoms with Crippen molar-refractivity contribution < 1.29 is 17.9 Å². The van der Waals surface area contributed by atoms with Gasteiger partial charge in [-0.1, -0.05) is 18.2 Å². The summed E-state index contributed by atoms with van der Waals surface area (Å²) >= 11 is 0. The lowest BCUT2D eigenvalue weighted by molar-refractivity contribution is -0.136. The zero-order valence-electron chi connectivity index (χ0n) is 10.7. The average molecular weight is 282 g/mol. The number of alkyl halides is 3. The van der Waals surface area contributed by atoms with Gasteiger partial charge < -0.3 is 10.1 Å². The zero-order chi connectivity index (χ0) is 14.6. The molecule has 0 saturated carbocycles. The van der Waals surface area contributed by atoms with Crippen LogP contribution in [0.15, 0.2) is 42.6 Å². The van der Waals surface area contributed by atoms with Crippen molar-refractivity contribution in [1.82, 2.24) is 4.98 Å². The molecule has 0 aliphatic heterocycles. The molecule has 1 aromatic carbocycles. The second kappa shape index (κ2) is 5.81. The third-order valence-electron chi connectivity index (χ3n) is 2.72. The summed E-state index contributed by atoms with van der Waals surface area (Å²) in [5, 5.41) is 2.77. The van der Waals surface area contributed by atoms with E-state index in [-0.39, 0.29) is 12.2 Å². The molecule has 0 atom stereocenters. The predicted molar refractivity (Wildman–Crippen MR) is 69.6 cm³/mol. The number of ether oxygens (including phenoxy) is 1. The second-order valence-corrected chi connectivity index (χ2v) is 4.11. The Hall–Kier alpha value is -2.24. The Kier molecular flexibility index (Phi) is 4.12. The lowest BCUT2D eigenvalue weighted by Gasteiger charge is -2.14. The fourth-order valence-corrected chi connectivity index (χ4v) is 1.72. The number of rotatable bonds is 4. The van der Waals surface area contributed by atoms with Gasteiger partial charge in [0.1, 0.15) is 0 Å². The van der Waals surface area contributed by atoms with Crippen LogP contribution in [0.1, 0.15) is 11.1 Å². The summed E-state index contributed by atoms with van der Waals surface area (Å²) in [5.74, 6) is 0.462. The van der Waals surface area contributed by atoms with Crippen LogP contribution >= 0.6 is 0 Å². The van der Waals surface area contributed by atoms with Crippen molar-refractivity contribution in [1.29, 1.82) is 0 Å². The lowest BCUT2D eigenvalue weighted by Crippen LogP contribution is -2.10. The minimum Gasteiger partial charge on any atom is -0.481 e. The summed E-state index contributed by atoms with van der Waals surface area (Å²) in [6.45, 7) is 0.254. The molecule has 1 heterocycles. The van der Waals surface area contributed by atoms with Gasteiger partial charge in [-0.15, -0.1) is 0 Å². The number of benzene rings is 1. The average Bonchev–Trinajstić information content (AvgIpc) is 2.45. The molecule has 2 aromatic rings. The van der Waals surface area contributed by atoms with Crippen molar-refractivity contribution in [2.45, 2.75) is 12.7 Å². The number of nitrogens with zero attached hydrogens (tertiary/aromatic N) is 1. The monoisotopic (exact) mass is 282 g/mol. The molecule has 1 N–H and O–H groups in total. The van der Waals surface area contributed by atoms with Crippen molar-refractivity contribution >= 4 is 5.69 Å². The first kappa shape index (κ1) is 14.2. The Morgan fingerprint density at radius 2 is 1.90 bits per heavy atom. The lowest BCUT2D eigenvalue weighted by atomic mass is 10.1. The molecule has 0 bridgehead atoms. The van der Waals surface area contributed by atoms with Crippen molar-refractivity contribution in [2.75, 3.05) is 12.4 Å². The standard InChI is InChI=1S/C14H13F3N2O/c1-20-13-7-6-10(9-19-13)8-18-12-5-3-2-4-11(12)14(15,16)17/h2-7,9,18H,8H2,1H3. The van der Waals surface area contributed by atoms with E-state index in [1.54, 1.807) is 24.4 Å². The maximum atomic E-state index is 12.8. The van der Waals surface area contributed by atoms with E-state index in [4.69, 9.17) is 4.74 Å². The van der Waals surface area contributed by atoms with Crippen molar-refractivity contribution in [3.63, 3.8) is 0 Å². The third-order valence-corrected chi connectivity index (χ3v) is 2.72. The Balaban J connectivity index is 2.10. The molecule has 0 saturated heterocycles. The van der Waals surface area contributed by atoms with Gasteiger partial charge in [0.15, 0.2) is 0 Å². The highest BCUT2D eigenvalue weighted by Gasteiger charge is 2.32. The minimum atomic E-state index is -4.37. The molecule has 6 heteroatoms. The van der Waals surface area contributed by atoms with Gasteiger partial charge in [0, 0.05) is 24.5 Å². The Morgan fingerprint density at radius 3 is 2.50 bits per heavy atom. The SMILES string of the molecule is COc1ccc(CNc2ccccc2C(F)(F)F)cn1. The minimum absolute atomic E-state index is 0.0517. The molecule has 0 aliphatic carbocycles. The highest BCUT2D eigenvalue weighted by Crippen LogP contribution is 2.34. The van der Waals surface area contributed by atoms with E-state index >= 15 is 0 Å². The largest absolute Gasteiger partial charge is 0.481 e. The van der Waals surface area contributed by atoms with Gasteiger partial charge in [-0.05, 0) is 17.7 Å². The van der Waals surface area contributed by atoms with E-state index in [0.717, 1.165) is 11.6 Å². The van der Waals surface area contributed by atoms with Gasteiger partial charge in [0.25, 0.3) is 0 Å². The number of nitrogens with one attached hydrogen (secondary N) is 1. The number of methoxy groups -OCH3 is 1. The molecule has 0 spiro atoms. The molecule has 106 valence electrons. The zero-order valence-corrected chi connectivity index (χ0v) is 10.7. The number of para-hydroxylation sites is 1. The van der Waals surface area contributed by atoms with E-state index in [2.05, 4.69) is 10.3 Å². The van der Waals surface area contributed by atoms with Gasteiger partial charge in [0.05, 0.1) is 12.7 Å². The van der Waals surface area contributed by atoms with Crippen LogP contribution < -0.4 is 10.1 Å². The predicted octanol–water partition coefficient (Wildman–Crippen LogP) is 3.72. The summed E-state index contributed by atoms with van der Waals surface area (Å²) in [4.78, 5) is 4.00. The highest BCUT2D eigenvalue weighted by atomic mass is 19.4. The highest BCUT2D eigenvalue weighted by molar-refractivity contribution is 5.52. The van der Waals surface area contributed by atoms with Crippen molar-refractivity contribution in [2.24, 2.45) is 0 Å². The van der Waals surface area contributed by atoms with Gasteiger partial charge in [-0.3, -0.25) is 0 Å². The van der Waals surface area contributed by atoms with E-state index in [1.807, 2.05) is 0 Å². The number of anilines is 1. The molecular weight excluding hydrogens is 269 g/mol. The maximum absolute atomic E-state index is 12.8. The summed E-state index contributed by atoms with van der Waals surface area (Å²) in [5.41, 5.74) is 0.139.